The third-order valence-corrected chi connectivity index (χ3v) is 3.11. The second-order valence-electron chi connectivity index (χ2n) is 4.40. The van der Waals surface area contributed by atoms with E-state index >= 15 is 0 Å². The zero-order valence-corrected chi connectivity index (χ0v) is 11.5. The average Bonchev–Trinajstić information content (AvgIpc) is 2.46. The number of hydrogen-bond donors (Lipinski definition) is 1. The molecule has 20 heavy (non-hydrogen) atoms. The Morgan fingerprint density at radius 2 is 1.90 bits per heavy atom. The first-order valence-corrected chi connectivity index (χ1v) is 6.49. The summed E-state index contributed by atoms with van der Waals surface area (Å²) in [5, 5.41) is 3.13. The highest BCUT2D eigenvalue weighted by molar-refractivity contribution is 5.69. The quantitative estimate of drug-likeness (QED) is 0.898. The number of nitrogens with one attached hydrogen (secondary N) is 1. The minimum absolute atomic E-state index is 0.182. The lowest BCUT2D eigenvalue weighted by atomic mass is 9.98. The smallest absolute Gasteiger partial charge is 0.172 e. The Balaban J connectivity index is 2.51. The van der Waals surface area contributed by atoms with Crippen LogP contribution < -0.4 is 10.1 Å². The van der Waals surface area contributed by atoms with Crippen LogP contribution in [0.25, 0.3) is 11.1 Å². The van der Waals surface area contributed by atoms with E-state index in [-0.39, 0.29) is 11.6 Å². The highest BCUT2D eigenvalue weighted by Gasteiger charge is 2.14. The third-order valence-electron chi connectivity index (χ3n) is 3.11. The van der Waals surface area contributed by atoms with Gasteiger partial charge in [-0.25, -0.2) is 8.78 Å². The Kier molecular flexibility index (Phi) is 4.69. The largest absolute Gasteiger partial charge is 0.494 e. The predicted octanol–water partition coefficient (Wildman–Crippen LogP) is 3.75. The second-order valence-corrected chi connectivity index (χ2v) is 4.40. The van der Waals surface area contributed by atoms with Gasteiger partial charge in [0.15, 0.2) is 11.6 Å². The molecule has 2 aromatic carbocycles. The molecule has 0 radical (unpaired) electrons. The summed E-state index contributed by atoms with van der Waals surface area (Å²) in [5.74, 6) is -0.578. The number of ether oxygens (including phenoxy) is 1. The fourth-order valence-corrected chi connectivity index (χ4v) is 2.11. The predicted molar refractivity (Wildman–Crippen MR) is 75.7 cm³/mol. The van der Waals surface area contributed by atoms with Crippen LogP contribution in [0.2, 0.25) is 0 Å². The van der Waals surface area contributed by atoms with Crippen molar-refractivity contribution in [3.63, 3.8) is 0 Å². The normalized spacial score (nSPS) is 10.6. The van der Waals surface area contributed by atoms with Crippen LogP contribution in [-0.2, 0) is 6.54 Å². The van der Waals surface area contributed by atoms with Gasteiger partial charge in [0.25, 0.3) is 0 Å². The summed E-state index contributed by atoms with van der Waals surface area (Å²) in [6.07, 6.45) is 0. The molecule has 0 bridgehead atoms. The maximum atomic E-state index is 14.3. The molecule has 0 aliphatic rings. The van der Waals surface area contributed by atoms with Gasteiger partial charge in [0.05, 0.1) is 7.11 Å². The van der Waals surface area contributed by atoms with Crippen LogP contribution in [0.3, 0.4) is 0 Å². The van der Waals surface area contributed by atoms with Crippen LogP contribution in [0.5, 0.6) is 5.75 Å². The van der Waals surface area contributed by atoms with Crippen molar-refractivity contribution in [2.75, 3.05) is 13.7 Å². The van der Waals surface area contributed by atoms with Gasteiger partial charge < -0.3 is 10.1 Å². The summed E-state index contributed by atoms with van der Waals surface area (Å²) in [5.41, 5.74) is 1.81. The molecule has 1 N–H and O–H groups in total. The van der Waals surface area contributed by atoms with Gasteiger partial charge in [0.2, 0.25) is 0 Å². The summed E-state index contributed by atoms with van der Waals surface area (Å²) in [7, 11) is 1.42. The fraction of sp³-hybridized carbons (Fsp3) is 0.250. The van der Waals surface area contributed by atoms with Gasteiger partial charge in [-0.05, 0) is 35.9 Å². The van der Waals surface area contributed by atoms with Gasteiger partial charge in [-0.2, -0.15) is 0 Å². The molecule has 2 nitrogen and oxygen atoms in total. The first-order valence-electron chi connectivity index (χ1n) is 6.49. The van der Waals surface area contributed by atoms with E-state index in [1.54, 1.807) is 24.3 Å². The summed E-state index contributed by atoms with van der Waals surface area (Å²) in [6, 6.07) is 9.31. The van der Waals surface area contributed by atoms with Crippen molar-refractivity contribution < 1.29 is 13.5 Å². The molecule has 106 valence electrons. The Bertz CT molecular complexity index is 599. The summed E-state index contributed by atoms with van der Waals surface area (Å²) < 4.78 is 32.7. The van der Waals surface area contributed by atoms with E-state index in [0.717, 1.165) is 12.1 Å². The molecule has 0 heterocycles. The number of hydrogen-bond acceptors (Lipinski definition) is 2. The molecule has 4 heteroatoms. The van der Waals surface area contributed by atoms with Gasteiger partial charge in [-0.15, -0.1) is 0 Å². The Hall–Kier alpha value is -1.94. The number of rotatable bonds is 5. The zero-order chi connectivity index (χ0) is 14.5. The summed E-state index contributed by atoms with van der Waals surface area (Å²) >= 11 is 0. The highest BCUT2D eigenvalue weighted by atomic mass is 19.1. The Morgan fingerprint density at radius 3 is 2.60 bits per heavy atom. The van der Waals surface area contributed by atoms with E-state index < -0.39 is 5.82 Å². The fourth-order valence-electron chi connectivity index (χ4n) is 2.11. The van der Waals surface area contributed by atoms with Crippen LogP contribution in [0.15, 0.2) is 36.4 Å². The average molecular weight is 277 g/mol. The lowest BCUT2D eigenvalue weighted by molar-refractivity contribution is 0.387. The molecule has 0 aromatic heterocycles. The maximum absolute atomic E-state index is 14.3. The third kappa shape index (κ3) is 2.96. The molecular formula is C16H17F2NO. The Morgan fingerprint density at radius 1 is 1.10 bits per heavy atom. The van der Waals surface area contributed by atoms with Gasteiger partial charge >= 0.3 is 0 Å². The lowest BCUT2D eigenvalue weighted by Gasteiger charge is -2.13. The van der Waals surface area contributed by atoms with Crippen LogP contribution in [-0.4, -0.2) is 13.7 Å². The van der Waals surface area contributed by atoms with Gasteiger partial charge in [-0.3, -0.25) is 0 Å². The molecule has 0 aliphatic heterocycles. The van der Waals surface area contributed by atoms with Gasteiger partial charge in [0, 0.05) is 12.1 Å². The second kappa shape index (κ2) is 6.48. The number of halogens is 2. The molecule has 0 fully saturated rings. The van der Waals surface area contributed by atoms with Crippen LogP contribution in [0.1, 0.15) is 12.5 Å². The minimum Gasteiger partial charge on any atom is -0.494 e. The molecule has 0 saturated heterocycles. The minimum atomic E-state index is -0.431. The summed E-state index contributed by atoms with van der Waals surface area (Å²) in [4.78, 5) is 0. The van der Waals surface area contributed by atoms with Crippen molar-refractivity contribution in [1.29, 1.82) is 0 Å². The standard InChI is InChI=1S/C16H17F2NO/c1-3-19-10-11-9-12(17)7-8-13(11)14-5-4-6-15(20-2)16(14)18/h4-9,19H,3,10H2,1-2H3. The van der Waals surface area contributed by atoms with Crippen LogP contribution >= 0.6 is 0 Å². The van der Waals surface area contributed by atoms with E-state index in [2.05, 4.69) is 5.32 Å². The van der Waals surface area contributed by atoms with Crippen molar-refractivity contribution in [2.45, 2.75) is 13.5 Å². The molecule has 0 atom stereocenters. The lowest BCUT2D eigenvalue weighted by Crippen LogP contribution is -2.13. The van der Waals surface area contributed by atoms with Crippen LogP contribution in [0.4, 0.5) is 8.78 Å². The van der Waals surface area contributed by atoms with Gasteiger partial charge in [-0.1, -0.05) is 25.1 Å². The summed E-state index contributed by atoms with van der Waals surface area (Å²) in [6.45, 7) is 3.21. The first-order chi connectivity index (χ1) is 9.67. The van der Waals surface area contributed by atoms with E-state index in [1.807, 2.05) is 6.92 Å². The highest BCUT2D eigenvalue weighted by Crippen LogP contribution is 2.31. The van der Waals surface area contributed by atoms with Gasteiger partial charge in [0.1, 0.15) is 5.82 Å². The monoisotopic (exact) mass is 277 g/mol. The van der Waals surface area contributed by atoms with Crippen molar-refractivity contribution >= 4 is 0 Å². The van der Waals surface area contributed by atoms with Crippen molar-refractivity contribution in [1.82, 2.24) is 5.32 Å². The van der Waals surface area contributed by atoms with Crippen LogP contribution in [0, 0.1) is 11.6 Å². The maximum Gasteiger partial charge on any atom is 0.172 e. The molecular weight excluding hydrogens is 260 g/mol. The van der Waals surface area contributed by atoms with E-state index in [1.165, 1.54) is 19.2 Å². The van der Waals surface area contributed by atoms with Crippen molar-refractivity contribution in [3.05, 3.63) is 53.6 Å². The van der Waals surface area contributed by atoms with E-state index in [9.17, 15) is 8.78 Å². The first kappa shape index (κ1) is 14.5. The van der Waals surface area contributed by atoms with E-state index in [4.69, 9.17) is 4.74 Å². The molecule has 0 aliphatic carbocycles. The topological polar surface area (TPSA) is 21.3 Å². The molecule has 2 rings (SSSR count). The molecule has 0 saturated carbocycles. The SMILES string of the molecule is CCNCc1cc(F)ccc1-c1cccc(OC)c1F. The molecule has 2 aromatic rings. The number of benzene rings is 2. The van der Waals surface area contributed by atoms with E-state index in [0.29, 0.717) is 17.7 Å². The zero-order valence-electron chi connectivity index (χ0n) is 11.5. The van der Waals surface area contributed by atoms with Crippen molar-refractivity contribution in [2.24, 2.45) is 0 Å². The molecule has 0 unspecified atom stereocenters. The molecule has 0 amide bonds. The van der Waals surface area contributed by atoms with Crippen molar-refractivity contribution in [3.8, 4) is 16.9 Å². The number of methoxy groups -OCH3 is 1. The molecule has 0 spiro atoms. The Labute approximate surface area is 117 Å².